The first-order chi connectivity index (χ1) is 8.88. The highest BCUT2D eigenvalue weighted by atomic mass is 79.9. The maximum Gasteiger partial charge on any atom is 0.586 e. The third-order valence-electron chi connectivity index (χ3n) is 3.33. The lowest BCUT2D eigenvalue weighted by Gasteiger charge is -2.15. The van der Waals surface area contributed by atoms with E-state index in [0.29, 0.717) is 22.9 Å². The fraction of sp³-hybridized carbons (Fsp3) is 0.417. The Hall–Kier alpha value is -1.37. The summed E-state index contributed by atoms with van der Waals surface area (Å²) >= 11 is 3.27. The molecule has 3 rings (SSSR count). The number of halogens is 3. The van der Waals surface area contributed by atoms with Crippen molar-refractivity contribution in [2.24, 2.45) is 0 Å². The molecule has 1 fully saturated rings. The van der Waals surface area contributed by atoms with E-state index in [-0.39, 0.29) is 17.5 Å². The number of fused-ring (bicyclic) bond motifs is 1. The average Bonchev–Trinajstić information content (AvgIpc) is 3.06. The average molecular weight is 335 g/mol. The Balaban J connectivity index is 2.04. The van der Waals surface area contributed by atoms with Gasteiger partial charge in [0.25, 0.3) is 0 Å². The van der Waals surface area contributed by atoms with Crippen LogP contribution < -0.4 is 9.47 Å². The Morgan fingerprint density at radius 2 is 1.89 bits per heavy atom. The normalized spacial score (nSPS) is 21.1. The molecule has 0 atom stereocenters. The molecule has 19 heavy (non-hydrogen) atoms. The monoisotopic (exact) mass is 334 g/mol. The summed E-state index contributed by atoms with van der Waals surface area (Å²) in [7, 11) is 1.30. The van der Waals surface area contributed by atoms with Crippen LogP contribution in [0.15, 0.2) is 16.6 Å². The Bertz CT molecular complexity index is 569. The summed E-state index contributed by atoms with van der Waals surface area (Å²) in [5.74, 6) is -0.501. The van der Waals surface area contributed by atoms with E-state index in [1.807, 2.05) is 0 Å². The van der Waals surface area contributed by atoms with Crippen LogP contribution in [-0.4, -0.2) is 19.4 Å². The van der Waals surface area contributed by atoms with Crippen molar-refractivity contribution in [1.82, 2.24) is 0 Å². The maximum atomic E-state index is 13.0. The smallest absolute Gasteiger partial charge is 0.468 e. The summed E-state index contributed by atoms with van der Waals surface area (Å²) in [6.45, 7) is 0. The van der Waals surface area contributed by atoms with Crippen LogP contribution >= 0.6 is 15.9 Å². The second kappa shape index (κ2) is 3.82. The number of hydrogen-bond acceptors (Lipinski definition) is 4. The number of carbonyl (C=O) groups is 1. The third kappa shape index (κ3) is 1.87. The van der Waals surface area contributed by atoms with Crippen molar-refractivity contribution < 1.29 is 27.8 Å². The largest absolute Gasteiger partial charge is 0.586 e. The number of methoxy groups -OCH3 is 1. The highest BCUT2D eigenvalue weighted by Crippen LogP contribution is 2.54. The molecule has 1 aliphatic carbocycles. The van der Waals surface area contributed by atoms with Gasteiger partial charge in [-0.05, 0) is 30.5 Å². The molecule has 0 spiro atoms. The van der Waals surface area contributed by atoms with Gasteiger partial charge in [-0.25, -0.2) is 0 Å². The molecule has 0 aromatic heterocycles. The Labute approximate surface area is 115 Å². The van der Waals surface area contributed by atoms with Gasteiger partial charge in [-0.15, -0.1) is 8.78 Å². The highest BCUT2D eigenvalue weighted by molar-refractivity contribution is 9.10. The summed E-state index contributed by atoms with van der Waals surface area (Å²) in [6.07, 6.45) is -2.43. The summed E-state index contributed by atoms with van der Waals surface area (Å²) < 4.78 is 40.0. The molecule has 1 aromatic rings. The van der Waals surface area contributed by atoms with Gasteiger partial charge in [0.2, 0.25) is 0 Å². The van der Waals surface area contributed by atoms with Crippen molar-refractivity contribution in [3.63, 3.8) is 0 Å². The minimum Gasteiger partial charge on any atom is -0.468 e. The van der Waals surface area contributed by atoms with E-state index in [9.17, 15) is 13.6 Å². The second-order valence-electron chi connectivity index (χ2n) is 4.52. The molecule has 0 bridgehead atoms. The minimum atomic E-state index is -3.66. The van der Waals surface area contributed by atoms with E-state index in [1.54, 1.807) is 0 Å². The molecule has 0 unspecified atom stereocenters. The van der Waals surface area contributed by atoms with E-state index in [2.05, 4.69) is 25.4 Å². The van der Waals surface area contributed by atoms with Crippen molar-refractivity contribution in [3.8, 4) is 11.5 Å². The second-order valence-corrected chi connectivity index (χ2v) is 5.37. The summed E-state index contributed by atoms with van der Waals surface area (Å²) in [5.41, 5.74) is -0.177. The van der Waals surface area contributed by atoms with Crippen molar-refractivity contribution in [2.75, 3.05) is 7.11 Å². The molecule has 102 valence electrons. The fourth-order valence-electron chi connectivity index (χ4n) is 2.24. The van der Waals surface area contributed by atoms with Crippen molar-refractivity contribution >= 4 is 21.9 Å². The van der Waals surface area contributed by atoms with Crippen molar-refractivity contribution in [1.29, 1.82) is 0 Å². The maximum absolute atomic E-state index is 13.0. The van der Waals surface area contributed by atoms with Crippen LogP contribution in [0.3, 0.4) is 0 Å². The first-order valence-electron chi connectivity index (χ1n) is 5.56. The molecular weight excluding hydrogens is 326 g/mol. The van der Waals surface area contributed by atoms with Gasteiger partial charge in [-0.2, -0.15) is 0 Å². The number of carbonyl (C=O) groups excluding carboxylic acids is 1. The zero-order chi connectivity index (χ0) is 13.8. The van der Waals surface area contributed by atoms with Crippen LogP contribution in [0.5, 0.6) is 11.5 Å². The zero-order valence-electron chi connectivity index (χ0n) is 9.84. The molecule has 0 saturated heterocycles. The predicted octanol–water partition coefficient (Wildman–Crippen LogP) is 2.98. The van der Waals surface area contributed by atoms with Gasteiger partial charge in [0, 0.05) is 4.47 Å². The molecule has 0 radical (unpaired) electrons. The number of benzene rings is 1. The fourth-order valence-corrected chi connectivity index (χ4v) is 2.94. The minimum absolute atomic E-state index is 0.0544. The molecule has 0 N–H and O–H groups in total. The lowest BCUT2D eigenvalue weighted by atomic mass is 9.95. The standard InChI is InChI=1S/C12H9BrF2O4/c1-17-10(16)11(2-3-11)6-4-8-9(5-7(6)13)19-12(14,15)18-8/h4-5H,2-3H2,1H3. The van der Waals surface area contributed by atoms with E-state index >= 15 is 0 Å². The molecule has 0 amide bonds. The molecular formula is C12H9BrF2O4. The molecule has 1 saturated carbocycles. The lowest BCUT2D eigenvalue weighted by Crippen LogP contribution is -2.26. The van der Waals surface area contributed by atoms with Crippen LogP contribution in [0.4, 0.5) is 8.78 Å². The van der Waals surface area contributed by atoms with E-state index in [4.69, 9.17) is 4.74 Å². The Morgan fingerprint density at radius 3 is 2.42 bits per heavy atom. The van der Waals surface area contributed by atoms with Gasteiger partial charge in [-0.1, -0.05) is 15.9 Å². The number of esters is 1. The van der Waals surface area contributed by atoms with Gasteiger partial charge >= 0.3 is 12.3 Å². The number of ether oxygens (including phenoxy) is 3. The number of rotatable bonds is 2. The van der Waals surface area contributed by atoms with E-state index in [0.717, 1.165) is 0 Å². The predicted molar refractivity (Wildman–Crippen MR) is 63.3 cm³/mol. The third-order valence-corrected chi connectivity index (χ3v) is 3.99. The zero-order valence-corrected chi connectivity index (χ0v) is 11.4. The van der Waals surface area contributed by atoms with Gasteiger partial charge in [-0.3, -0.25) is 4.79 Å². The summed E-state index contributed by atoms with van der Waals surface area (Å²) in [6, 6.07) is 2.79. The van der Waals surface area contributed by atoms with Gasteiger partial charge in [0.15, 0.2) is 11.5 Å². The van der Waals surface area contributed by atoms with Gasteiger partial charge in [0.05, 0.1) is 12.5 Å². The molecule has 1 aromatic carbocycles. The Morgan fingerprint density at radius 1 is 1.32 bits per heavy atom. The lowest BCUT2D eigenvalue weighted by molar-refractivity contribution is -0.286. The van der Waals surface area contributed by atoms with Crippen LogP contribution in [0.25, 0.3) is 0 Å². The number of hydrogen-bond donors (Lipinski definition) is 0. The van der Waals surface area contributed by atoms with Crippen LogP contribution in [0.1, 0.15) is 18.4 Å². The van der Waals surface area contributed by atoms with Crippen molar-refractivity contribution in [3.05, 3.63) is 22.2 Å². The first kappa shape index (κ1) is 12.7. The van der Waals surface area contributed by atoms with E-state index in [1.165, 1.54) is 19.2 Å². The first-order valence-corrected chi connectivity index (χ1v) is 6.35. The van der Waals surface area contributed by atoms with Crippen LogP contribution in [0.2, 0.25) is 0 Å². The van der Waals surface area contributed by atoms with Gasteiger partial charge < -0.3 is 14.2 Å². The highest BCUT2D eigenvalue weighted by Gasteiger charge is 2.55. The molecule has 7 heteroatoms. The Kier molecular flexibility index (Phi) is 2.54. The molecule has 1 aliphatic heterocycles. The summed E-state index contributed by atoms with van der Waals surface area (Å²) in [5, 5.41) is 0. The van der Waals surface area contributed by atoms with Gasteiger partial charge in [0.1, 0.15) is 0 Å². The quantitative estimate of drug-likeness (QED) is 0.780. The topological polar surface area (TPSA) is 44.8 Å². The molecule has 2 aliphatic rings. The molecule has 1 heterocycles. The number of alkyl halides is 2. The SMILES string of the molecule is COC(=O)C1(c2cc3c(cc2Br)OC(F)(F)O3)CC1. The van der Waals surface area contributed by atoms with Crippen LogP contribution in [-0.2, 0) is 14.9 Å². The van der Waals surface area contributed by atoms with Crippen LogP contribution in [0, 0.1) is 0 Å². The summed E-state index contributed by atoms with van der Waals surface area (Å²) in [4.78, 5) is 11.8. The van der Waals surface area contributed by atoms with E-state index < -0.39 is 11.7 Å². The van der Waals surface area contributed by atoms with Crippen molar-refractivity contribution in [2.45, 2.75) is 24.6 Å². The molecule has 4 nitrogen and oxygen atoms in total.